The number of carbonyl (C=O) groups is 3. The number of methoxy groups -OCH3 is 1. The second-order valence-corrected chi connectivity index (χ2v) is 8.54. The number of urea groups is 1. The van der Waals surface area contributed by atoms with Crippen molar-refractivity contribution in [1.29, 1.82) is 0 Å². The number of likely N-dealkylation sites (N-methyl/N-ethyl adjacent to an activating group) is 1. The van der Waals surface area contributed by atoms with Gasteiger partial charge in [0.1, 0.15) is 24.2 Å². The van der Waals surface area contributed by atoms with Crippen molar-refractivity contribution in [2.75, 3.05) is 38.4 Å². The molecule has 0 aromatic heterocycles. The summed E-state index contributed by atoms with van der Waals surface area (Å²) in [6.07, 6.45) is 1.09. The standard InChI is InChI=1S/C25H30N4O6/c1-26-23(30)13-16-9-10-19-22(35-16)14-34-20-11-8-15(12-17(20)24(31)29(19)2)27-25(32)28-18-6-4-5-7-21(18)33-3/h4-8,11-12,16,19,22H,9-10,13-14H2,1-3H3,(H,26,30)(H2,27,28,32)/t16-,19-,22-/m0/s1. The third kappa shape index (κ3) is 5.48. The molecule has 35 heavy (non-hydrogen) atoms. The number of rotatable bonds is 5. The molecule has 0 spiro atoms. The molecule has 0 unspecified atom stereocenters. The molecule has 2 aliphatic heterocycles. The van der Waals surface area contributed by atoms with Gasteiger partial charge < -0.3 is 35.1 Å². The summed E-state index contributed by atoms with van der Waals surface area (Å²) < 4.78 is 17.4. The zero-order chi connectivity index (χ0) is 24.9. The Bertz CT molecular complexity index is 1110. The Balaban J connectivity index is 1.47. The van der Waals surface area contributed by atoms with E-state index in [1.807, 2.05) is 6.07 Å². The summed E-state index contributed by atoms with van der Waals surface area (Å²) in [5.41, 5.74) is 1.33. The fourth-order valence-corrected chi connectivity index (χ4v) is 4.45. The Hall–Kier alpha value is -3.79. The summed E-state index contributed by atoms with van der Waals surface area (Å²) in [4.78, 5) is 39.3. The van der Waals surface area contributed by atoms with E-state index in [0.29, 0.717) is 41.3 Å². The lowest BCUT2D eigenvalue weighted by molar-refractivity contribution is -0.133. The summed E-state index contributed by atoms with van der Waals surface area (Å²) in [5, 5.41) is 8.12. The van der Waals surface area contributed by atoms with Gasteiger partial charge in [-0.2, -0.15) is 0 Å². The normalized spacial score (nSPS) is 21.4. The Morgan fingerprint density at radius 3 is 2.71 bits per heavy atom. The van der Waals surface area contributed by atoms with Crippen LogP contribution in [0.5, 0.6) is 11.5 Å². The van der Waals surface area contributed by atoms with Crippen molar-refractivity contribution in [2.45, 2.75) is 37.5 Å². The zero-order valence-electron chi connectivity index (χ0n) is 20.0. The van der Waals surface area contributed by atoms with Crippen molar-refractivity contribution >= 4 is 29.2 Å². The molecule has 10 nitrogen and oxygen atoms in total. The van der Waals surface area contributed by atoms with E-state index in [1.165, 1.54) is 7.11 Å². The molecule has 0 saturated carbocycles. The molecule has 186 valence electrons. The molecule has 4 amide bonds. The van der Waals surface area contributed by atoms with Gasteiger partial charge in [0.25, 0.3) is 5.91 Å². The van der Waals surface area contributed by atoms with Gasteiger partial charge in [-0.25, -0.2) is 4.79 Å². The minimum absolute atomic E-state index is 0.0789. The Kier molecular flexibility index (Phi) is 7.40. The van der Waals surface area contributed by atoms with Crippen LogP contribution in [0.3, 0.4) is 0 Å². The number of anilines is 2. The van der Waals surface area contributed by atoms with Crippen LogP contribution in [-0.2, 0) is 9.53 Å². The summed E-state index contributed by atoms with van der Waals surface area (Å²) in [5.74, 6) is 0.641. The van der Waals surface area contributed by atoms with Crippen LogP contribution in [0.15, 0.2) is 42.5 Å². The van der Waals surface area contributed by atoms with E-state index in [2.05, 4.69) is 16.0 Å². The number of nitrogens with one attached hydrogen (secondary N) is 3. The number of ether oxygens (including phenoxy) is 3. The summed E-state index contributed by atoms with van der Waals surface area (Å²) >= 11 is 0. The predicted molar refractivity (Wildman–Crippen MR) is 130 cm³/mol. The molecule has 2 aromatic carbocycles. The van der Waals surface area contributed by atoms with Gasteiger partial charge in [-0.15, -0.1) is 0 Å². The van der Waals surface area contributed by atoms with Crippen LogP contribution in [0.2, 0.25) is 0 Å². The van der Waals surface area contributed by atoms with Crippen LogP contribution in [0.25, 0.3) is 0 Å². The molecular weight excluding hydrogens is 452 g/mol. The van der Waals surface area contributed by atoms with Crippen molar-refractivity contribution in [3.05, 3.63) is 48.0 Å². The minimum Gasteiger partial charge on any atom is -0.495 e. The lowest BCUT2D eigenvalue weighted by Gasteiger charge is -2.42. The third-order valence-electron chi connectivity index (χ3n) is 6.32. The number of benzene rings is 2. The largest absolute Gasteiger partial charge is 0.495 e. The molecular formula is C25H30N4O6. The third-order valence-corrected chi connectivity index (χ3v) is 6.32. The van der Waals surface area contributed by atoms with E-state index in [9.17, 15) is 14.4 Å². The first-order chi connectivity index (χ1) is 16.9. The highest BCUT2D eigenvalue weighted by Gasteiger charge is 2.39. The lowest BCUT2D eigenvalue weighted by Crippen LogP contribution is -2.53. The first-order valence-corrected chi connectivity index (χ1v) is 11.5. The highest BCUT2D eigenvalue weighted by atomic mass is 16.5. The molecule has 10 heteroatoms. The van der Waals surface area contributed by atoms with Gasteiger partial charge in [0.15, 0.2) is 0 Å². The molecule has 2 aliphatic rings. The number of hydrogen-bond donors (Lipinski definition) is 3. The molecule has 0 bridgehead atoms. The molecule has 2 aromatic rings. The second kappa shape index (κ2) is 10.6. The van der Waals surface area contributed by atoms with Gasteiger partial charge in [0.2, 0.25) is 5.91 Å². The first kappa shape index (κ1) is 24.3. The van der Waals surface area contributed by atoms with Gasteiger partial charge in [-0.05, 0) is 43.2 Å². The van der Waals surface area contributed by atoms with Crippen LogP contribution < -0.4 is 25.4 Å². The first-order valence-electron chi connectivity index (χ1n) is 11.5. The average molecular weight is 483 g/mol. The molecule has 3 atom stereocenters. The van der Waals surface area contributed by atoms with Gasteiger partial charge in [-0.3, -0.25) is 9.59 Å². The van der Waals surface area contributed by atoms with Gasteiger partial charge >= 0.3 is 6.03 Å². The summed E-state index contributed by atoms with van der Waals surface area (Å²) in [7, 11) is 4.87. The van der Waals surface area contributed by atoms with E-state index in [0.717, 1.165) is 0 Å². The van der Waals surface area contributed by atoms with E-state index in [-0.39, 0.29) is 43.1 Å². The van der Waals surface area contributed by atoms with Crippen molar-refractivity contribution in [1.82, 2.24) is 10.2 Å². The Morgan fingerprint density at radius 1 is 1.14 bits per heavy atom. The molecule has 0 radical (unpaired) electrons. The van der Waals surface area contributed by atoms with E-state index in [1.54, 1.807) is 55.4 Å². The number of carbonyl (C=O) groups excluding carboxylic acids is 3. The molecule has 4 rings (SSSR count). The van der Waals surface area contributed by atoms with Crippen LogP contribution in [0.4, 0.5) is 16.2 Å². The SMILES string of the molecule is CNC(=O)C[C@@H]1CC[C@H]2[C@H](COc3ccc(NC(=O)Nc4ccccc4OC)cc3C(=O)N2C)O1. The fraction of sp³-hybridized carbons (Fsp3) is 0.400. The Labute approximate surface area is 203 Å². The van der Waals surface area contributed by atoms with Crippen molar-refractivity contribution in [3.63, 3.8) is 0 Å². The fourth-order valence-electron chi connectivity index (χ4n) is 4.45. The summed E-state index contributed by atoms with van der Waals surface area (Å²) in [6.45, 7) is 0.251. The van der Waals surface area contributed by atoms with E-state index >= 15 is 0 Å². The monoisotopic (exact) mass is 482 g/mol. The molecule has 3 N–H and O–H groups in total. The summed E-state index contributed by atoms with van der Waals surface area (Å²) in [6, 6.07) is 11.4. The zero-order valence-corrected chi connectivity index (χ0v) is 20.0. The maximum Gasteiger partial charge on any atom is 0.323 e. The quantitative estimate of drug-likeness (QED) is 0.603. The van der Waals surface area contributed by atoms with Crippen LogP contribution in [0.1, 0.15) is 29.6 Å². The lowest BCUT2D eigenvalue weighted by atomic mass is 9.94. The highest BCUT2D eigenvalue weighted by molar-refractivity contribution is 6.03. The Morgan fingerprint density at radius 2 is 1.94 bits per heavy atom. The minimum atomic E-state index is -0.468. The second-order valence-electron chi connectivity index (χ2n) is 8.54. The maximum atomic E-state index is 13.3. The van der Waals surface area contributed by atoms with E-state index < -0.39 is 6.03 Å². The maximum absolute atomic E-state index is 13.3. The van der Waals surface area contributed by atoms with Crippen LogP contribution >= 0.6 is 0 Å². The van der Waals surface area contributed by atoms with Gasteiger partial charge in [0, 0.05) is 19.8 Å². The van der Waals surface area contributed by atoms with E-state index in [4.69, 9.17) is 14.2 Å². The molecule has 0 aliphatic carbocycles. The number of nitrogens with zero attached hydrogens (tertiary/aromatic N) is 1. The number of fused-ring (bicyclic) bond motifs is 2. The molecule has 2 heterocycles. The van der Waals surface area contributed by atoms with Crippen LogP contribution in [-0.4, -0.2) is 68.8 Å². The number of hydrogen-bond acceptors (Lipinski definition) is 6. The number of amides is 4. The number of para-hydroxylation sites is 2. The van der Waals surface area contributed by atoms with Crippen LogP contribution in [0, 0.1) is 0 Å². The molecule has 1 saturated heterocycles. The van der Waals surface area contributed by atoms with Crippen molar-refractivity contribution in [3.8, 4) is 11.5 Å². The average Bonchev–Trinajstić information content (AvgIpc) is 2.86. The predicted octanol–water partition coefficient (Wildman–Crippen LogP) is 2.86. The van der Waals surface area contributed by atoms with Crippen molar-refractivity contribution < 1.29 is 28.6 Å². The van der Waals surface area contributed by atoms with Crippen molar-refractivity contribution in [2.24, 2.45) is 0 Å². The molecule has 1 fully saturated rings. The topological polar surface area (TPSA) is 118 Å². The smallest absolute Gasteiger partial charge is 0.323 e. The van der Waals surface area contributed by atoms with Gasteiger partial charge in [0.05, 0.1) is 36.9 Å². The van der Waals surface area contributed by atoms with Gasteiger partial charge in [-0.1, -0.05) is 12.1 Å². The highest BCUT2D eigenvalue weighted by Crippen LogP contribution is 2.32.